The van der Waals surface area contributed by atoms with Gasteiger partial charge < -0.3 is 19.9 Å². The minimum Gasteiger partial charge on any atom is -0.463 e. The van der Waals surface area contributed by atoms with Crippen LogP contribution < -0.4 is 16.9 Å². The van der Waals surface area contributed by atoms with Crippen LogP contribution in [0.25, 0.3) is 11.2 Å². The van der Waals surface area contributed by atoms with Gasteiger partial charge in [0.15, 0.2) is 24.2 Å². The van der Waals surface area contributed by atoms with E-state index in [-0.39, 0.29) is 17.1 Å². The summed E-state index contributed by atoms with van der Waals surface area (Å²) in [5, 5.41) is 8.79. The summed E-state index contributed by atoms with van der Waals surface area (Å²) in [7, 11) is 0. The number of amides is 1. The van der Waals surface area contributed by atoms with Crippen LogP contribution >= 0.6 is 0 Å². The number of hydrogen-bond acceptors (Lipinski definition) is 11. The molecule has 3 heterocycles. The van der Waals surface area contributed by atoms with Gasteiger partial charge in [0.25, 0.3) is 5.91 Å². The van der Waals surface area contributed by atoms with Crippen molar-refractivity contribution in [2.75, 3.05) is 12.3 Å². The Kier molecular flexibility index (Phi) is 6.16. The number of carbonyl (C=O) groups excluding carboxylic acids is 3. The molecule has 2 aromatic rings. The van der Waals surface area contributed by atoms with E-state index in [9.17, 15) is 19.2 Å². The number of nitrogens with two attached hydrogens (primary N) is 1. The van der Waals surface area contributed by atoms with Crippen LogP contribution in [0.1, 0.15) is 20.1 Å². The summed E-state index contributed by atoms with van der Waals surface area (Å²) in [6, 6.07) is 0. The number of anilines is 1. The summed E-state index contributed by atoms with van der Waals surface area (Å²) in [4.78, 5) is 55.1. The maximum Gasteiger partial charge on any atom is 0.333 e. The molecule has 0 aromatic carbocycles. The van der Waals surface area contributed by atoms with Gasteiger partial charge in [0.2, 0.25) is 5.95 Å². The molecule has 4 N–H and O–H groups in total. The highest BCUT2D eigenvalue weighted by Gasteiger charge is 2.50. The van der Waals surface area contributed by atoms with E-state index in [0.29, 0.717) is 0 Å². The molecule has 0 unspecified atom stereocenters. The minimum atomic E-state index is -1.96. The lowest BCUT2D eigenvalue weighted by Gasteiger charge is -2.19. The molecule has 1 fully saturated rings. The van der Waals surface area contributed by atoms with Crippen LogP contribution in [0, 0.1) is 0 Å². The number of carbonyl (C=O) groups is 3. The van der Waals surface area contributed by atoms with E-state index < -0.39 is 61.3 Å². The fourth-order valence-corrected chi connectivity index (χ4v) is 3.19. The predicted molar refractivity (Wildman–Crippen MR) is 97.1 cm³/mol. The Morgan fingerprint density at radius 2 is 2.06 bits per heavy atom. The molecule has 15 heteroatoms. The molecule has 1 aliphatic heterocycles. The van der Waals surface area contributed by atoms with E-state index >= 15 is 4.39 Å². The molecule has 0 spiro atoms. The van der Waals surface area contributed by atoms with Gasteiger partial charge in [-0.25, -0.2) is 24.2 Å². The Bertz CT molecular complexity index is 1080. The van der Waals surface area contributed by atoms with Gasteiger partial charge in [-0.05, 0) is 0 Å². The lowest BCUT2D eigenvalue weighted by atomic mass is 10.1. The van der Waals surface area contributed by atoms with Crippen molar-refractivity contribution >= 4 is 35.0 Å². The molecule has 0 saturated carbocycles. The highest BCUT2D eigenvalue weighted by atomic mass is 19.1. The number of nitrogens with one attached hydrogen (secondary N) is 1. The number of hydrogen-bond donors (Lipinski definition) is 3. The Morgan fingerprint density at radius 3 is 2.68 bits per heavy atom. The summed E-state index contributed by atoms with van der Waals surface area (Å²) in [5.41, 5.74) is 5.98. The van der Waals surface area contributed by atoms with Gasteiger partial charge in [-0.3, -0.25) is 24.2 Å². The molecule has 1 aliphatic rings. The molecular formula is C16H19FN6O8. The number of halogens is 1. The van der Waals surface area contributed by atoms with E-state index in [1.165, 1.54) is 5.48 Å². The number of esters is 2. The van der Waals surface area contributed by atoms with Crippen molar-refractivity contribution in [2.45, 2.75) is 45.0 Å². The second kappa shape index (κ2) is 8.65. The first-order chi connectivity index (χ1) is 14.6. The predicted octanol–water partition coefficient (Wildman–Crippen LogP) is -1.59. The highest BCUT2D eigenvalue weighted by Crippen LogP contribution is 2.35. The third-order valence-electron chi connectivity index (χ3n) is 4.42. The van der Waals surface area contributed by atoms with E-state index in [1.807, 2.05) is 0 Å². The van der Waals surface area contributed by atoms with Crippen molar-refractivity contribution in [1.29, 1.82) is 0 Å². The van der Waals surface area contributed by atoms with Crippen molar-refractivity contribution in [3.8, 4) is 0 Å². The van der Waals surface area contributed by atoms with Crippen molar-refractivity contribution in [3.05, 3.63) is 16.7 Å². The van der Waals surface area contributed by atoms with E-state index in [2.05, 4.69) is 9.97 Å². The fraction of sp³-hybridized carbons (Fsp3) is 0.500. The number of nitrogen functional groups attached to an aromatic ring is 1. The molecule has 4 atom stereocenters. The first-order valence-electron chi connectivity index (χ1n) is 8.90. The Balaban J connectivity index is 2.12. The third kappa shape index (κ3) is 4.31. The molecule has 14 nitrogen and oxygen atoms in total. The molecule has 1 saturated heterocycles. The Hall–Kier alpha value is -3.59. The summed E-state index contributed by atoms with van der Waals surface area (Å²) >= 11 is 0. The van der Waals surface area contributed by atoms with Crippen LogP contribution in [-0.2, 0) is 35.1 Å². The quantitative estimate of drug-likeness (QED) is 0.266. The van der Waals surface area contributed by atoms with Gasteiger partial charge in [0.1, 0.15) is 24.8 Å². The van der Waals surface area contributed by atoms with Crippen molar-refractivity contribution in [2.24, 2.45) is 0 Å². The largest absolute Gasteiger partial charge is 0.463 e. The number of alkyl halides is 1. The van der Waals surface area contributed by atoms with Crippen LogP contribution in [0.15, 0.2) is 11.0 Å². The summed E-state index contributed by atoms with van der Waals surface area (Å²) in [6.07, 6.45) is -5.29. The smallest absolute Gasteiger partial charge is 0.333 e. The molecule has 2 aromatic heterocycles. The van der Waals surface area contributed by atoms with E-state index in [0.717, 1.165) is 29.2 Å². The number of ether oxygens (including phenoxy) is 3. The number of nitrogens with zero attached hydrogens (tertiary/aromatic N) is 4. The topological polar surface area (TPSA) is 190 Å². The average Bonchev–Trinajstić information content (AvgIpc) is 3.13. The van der Waals surface area contributed by atoms with Gasteiger partial charge in [-0.15, -0.1) is 0 Å². The Labute approximate surface area is 172 Å². The lowest BCUT2D eigenvalue weighted by Crippen LogP contribution is -2.38. The third-order valence-corrected chi connectivity index (χ3v) is 4.42. The van der Waals surface area contributed by atoms with Gasteiger partial charge in [-0.2, -0.15) is 4.98 Å². The number of hydroxylamine groups is 1. The van der Waals surface area contributed by atoms with E-state index in [4.69, 9.17) is 25.2 Å². The summed E-state index contributed by atoms with van der Waals surface area (Å²) < 4.78 is 32.1. The van der Waals surface area contributed by atoms with Crippen molar-refractivity contribution in [3.63, 3.8) is 0 Å². The molecule has 0 bridgehead atoms. The molecule has 3 rings (SSSR count). The maximum atomic E-state index is 15.0. The first kappa shape index (κ1) is 22.1. The van der Waals surface area contributed by atoms with Gasteiger partial charge in [-0.1, -0.05) is 0 Å². The zero-order valence-electron chi connectivity index (χ0n) is 16.4. The van der Waals surface area contributed by atoms with Gasteiger partial charge in [0.05, 0.1) is 6.20 Å². The number of aromatic nitrogens is 4. The standard InChI is InChI=1S/C16H19FN6O8/c1-6(24)29-5-9-11(17)12(30-7(2)25)14(31-9)23-13-8(3-19-15(18)20-13)22(16(23)27)4-10(26)21-28/h3,9,11-12,14,28H,4-5H2,1-2H3,(H,21,26)(H2,18,19,20)/t9-,11-,12-,14-/m1/s1. The highest BCUT2D eigenvalue weighted by molar-refractivity contribution is 5.78. The molecule has 1 amide bonds. The monoisotopic (exact) mass is 442 g/mol. The van der Waals surface area contributed by atoms with Crippen LogP contribution in [0.2, 0.25) is 0 Å². The molecule has 0 aliphatic carbocycles. The minimum absolute atomic E-state index is 0.0202. The second-order valence-electron chi connectivity index (χ2n) is 6.60. The first-order valence-corrected chi connectivity index (χ1v) is 8.90. The zero-order chi connectivity index (χ0) is 22.9. The van der Waals surface area contributed by atoms with Crippen molar-refractivity contribution in [1.82, 2.24) is 24.6 Å². The lowest BCUT2D eigenvalue weighted by molar-refractivity contribution is -0.154. The number of rotatable bonds is 6. The zero-order valence-corrected chi connectivity index (χ0v) is 16.4. The average molecular weight is 442 g/mol. The normalized spacial score (nSPS) is 23.0. The molecule has 0 radical (unpaired) electrons. The number of fused-ring (bicyclic) bond motifs is 1. The van der Waals surface area contributed by atoms with Gasteiger partial charge >= 0.3 is 17.6 Å². The Morgan fingerprint density at radius 1 is 1.35 bits per heavy atom. The van der Waals surface area contributed by atoms with Crippen LogP contribution in [0.5, 0.6) is 0 Å². The second-order valence-corrected chi connectivity index (χ2v) is 6.60. The van der Waals surface area contributed by atoms with Crippen molar-refractivity contribution < 1.29 is 38.2 Å². The molecule has 168 valence electrons. The van der Waals surface area contributed by atoms with E-state index in [1.54, 1.807) is 0 Å². The van der Waals surface area contributed by atoms with Crippen LogP contribution in [0.3, 0.4) is 0 Å². The summed E-state index contributed by atoms with van der Waals surface area (Å²) in [5.74, 6) is -2.70. The SMILES string of the molecule is CC(=O)OC[C@H]1O[C@@H](n2c(=O)n(CC(=O)NO)c3cnc(N)nc32)[C@H](OC(C)=O)[C@@H]1F. The summed E-state index contributed by atoms with van der Waals surface area (Å²) in [6.45, 7) is 1.03. The van der Waals surface area contributed by atoms with Crippen LogP contribution in [-0.4, -0.2) is 67.1 Å². The molecule has 31 heavy (non-hydrogen) atoms. The number of imidazole rings is 1. The maximum absolute atomic E-state index is 15.0. The van der Waals surface area contributed by atoms with Crippen LogP contribution in [0.4, 0.5) is 10.3 Å². The fourth-order valence-electron chi connectivity index (χ4n) is 3.19. The molecular weight excluding hydrogens is 423 g/mol. The van der Waals surface area contributed by atoms with Gasteiger partial charge in [0, 0.05) is 13.8 Å².